The molecule has 5 unspecified atom stereocenters. The molecule has 11 atom stereocenters. The molecule has 14 nitrogen and oxygen atoms in total. The van der Waals surface area contributed by atoms with Gasteiger partial charge in [-0.3, -0.25) is 14.4 Å². The zero-order chi connectivity index (χ0) is 36.6. The van der Waals surface area contributed by atoms with Crippen LogP contribution in [0.25, 0.3) is 0 Å². The van der Waals surface area contributed by atoms with Gasteiger partial charge in [0.15, 0.2) is 18.7 Å². The van der Waals surface area contributed by atoms with Crippen molar-refractivity contribution in [3.05, 3.63) is 12.2 Å². The second kappa shape index (κ2) is 22.0. The summed E-state index contributed by atoms with van der Waals surface area (Å²) in [5, 5.41) is 44.3. The van der Waals surface area contributed by atoms with Crippen LogP contribution in [0.15, 0.2) is 12.2 Å². The molecule has 2 bridgehead atoms. The number of allylic oxidation sites excluding steroid dienone is 1. The lowest BCUT2D eigenvalue weighted by Crippen LogP contribution is -2.65. The predicted octanol–water partition coefficient (Wildman–Crippen LogP) is 3.13. The molecule has 0 aliphatic carbocycles. The fraction of sp³-hybridized carbons (Fsp3) is 0.861. The number of hydrogen-bond acceptors (Lipinski definition) is 14. The van der Waals surface area contributed by atoms with Crippen LogP contribution in [0.5, 0.6) is 0 Å². The first-order valence-electron chi connectivity index (χ1n) is 18.3. The summed E-state index contributed by atoms with van der Waals surface area (Å²) < 4.78 is 39.7. The van der Waals surface area contributed by atoms with E-state index in [0.717, 1.165) is 77.0 Å². The maximum Gasteiger partial charge on any atom is 0.306 e. The van der Waals surface area contributed by atoms with E-state index in [1.165, 1.54) is 19.4 Å². The maximum absolute atomic E-state index is 12.8. The van der Waals surface area contributed by atoms with Crippen LogP contribution >= 0.6 is 0 Å². The van der Waals surface area contributed by atoms with Crippen LogP contribution in [-0.2, 0) is 47.5 Å². The van der Waals surface area contributed by atoms with Crippen LogP contribution in [0.2, 0.25) is 0 Å². The average Bonchev–Trinajstić information content (AvgIpc) is 3.06. The minimum Gasteiger partial charge on any atom is -0.463 e. The van der Waals surface area contributed by atoms with Crippen LogP contribution in [0.3, 0.4) is 0 Å². The molecule has 0 aromatic rings. The minimum atomic E-state index is -1.79. The third kappa shape index (κ3) is 14.1. The van der Waals surface area contributed by atoms with Crippen molar-refractivity contribution >= 4 is 17.9 Å². The number of rotatable bonds is 4. The van der Waals surface area contributed by atoms with Crippen LogP contribution in [-0.4, -0.2) is 119 Å². The van der Waals surface area contributed by atoms with E-state index in [1.807, 2.05) is 6.92 Å². The van der Waals surface area contributed by atoms with Crippen LogP contribution in [0.1, 0.15) is 117 Å². The fourth-order valence-corrected chi connectivity index (χ4v) is 6.47. The molecule has 4 aliphatic rings. The van der Waals surface area contributed by atoms with Gasteiger partial charge >= 0.3 is 17.9 Å². The van der Waals surface area contributed by atoms with Crippen LogP contribution in [0.4, 0.5) is 0 Å². The Morgan fingerprint density at radius 3 is 1.74 bits per heavy atom. The smallest absolute Gasteiger partial charge is 0.306 e. The van der Waals surface area contributed by atoms with Crippen molar-refractivity contribution < 1.29 is 68.0 Å². The first-order valence-corrected chi connectivity index (χ1v) is 18.3. The lowest BCUT2D eigenvalue weighted by atomic mass is 9.97. The van der Waals surface area contributed by atoms with E-state index in [0.29, 0.717) is 12.8 Å². The third-order valence-corrected chi connectivity index (χ3v) is 9.41. The third-order valence-electron chi connectivity index (χ3n) is 9.41. The predicted molar refractivity (Wildman–Crippen MR) is 178 cm³/mol. The Hall–Kier alpha value is -2.17. The van der Waals surface area contributed by atoms with Crippen molar-refractivity contribution in [2.75, 3.05) is 13.2 Å². The zero-order valence-electron chi connectivity index (χ0n) is 30.0. The molecule has 4 rings (SSSR count). The van der Waals surface area contributed by atoms with Crippen LogP contribution in [0, 0.1) is 0 Å². The molecule has 50 heavy (non-hydrogen) atoms. The van der Waals surface area contributed by atoms with Gasteiger partial charge in [0.05, 0.1) is 6.10 Å². The first-order chi connectivity index (χ1) is 23.9. The van der Waals surface area contributed by atoms with Gasteiger partial charge in [0.2, 0.25) is 0 Å². The summed E-state index contributed by atoms with van der Waals surface area (Å²) in [6.07, 6.45) is -1.77. The Morgan fingerprint density at radius 2 is 1.14 bits per heavy atom. The molecule has 4 saturated heterocycles. The Bertz CT molecular complexity index is 1050. The standard InChI is InChI=1S/C36H60O14/c1-22-16-12-8-6-5-7-9-15-19-28(39)49-33-27(21-45-25(4)38)48-35(32(43)31(33)42)50-34-30(41)29(40)26(20-44-24(3)37)47-36(34)46-23(2)18-14-11-10-13-17-22/h23,26-27,29-36,40-43H,1,5-21H2,2-4H3/t23?,26?,27?,29-,30+,31-,32?,33-,34?,35+,36-/m1/s1. The highest BCUT2D eigenvalue weighted by Gasteiger charge is 2.53. The number of fused-ring (bicyclic) bond motifs is 21. The second-order valence-corrected chi connectivity index (χ2v) is 13.8. The summed E-state index contributed by atoms with van der Waals surface area (Å²) in [6, 6.07) is 0. The van der Waals surface area contributed by atoms with Gasteiger partial charge in [0.25, 0.3) is 0 Å². The van der Waals surface area contributed by atoms with E-state index in [2.05, 4.69) is 6.58 Å². The van der Waals surface area contributed by atoms with Gasteiger partial charge in [-0.1, -0.05) is 63.5 Å². The number of ether oxygens (including phenoxy) is 7. The highest BCUT2D eigenvalue weighted by molar-refractivity contribution is 5.69. The number of aliphatic hydroxyl groups excluding tert-OH is 4. The van der Waals surface area contributed by atoms with Gasteiger partial charge < -0.3 is 53.6 Å². The van der Waals surface area contributed by atoms with Gasteiger partial charge in [0.1, 0.15) is 55.9 Å². The highest BCUT2D eigenvalue weighted by atomic mass is 16.8. The van der Waals surface area contributed by atoms with E-state index in [4.69, 9.17) is 33.2 Å². The van der Waals surface area contributed by atoms with E-state index in [-0.39, 0.29) is 19.1 Å². The molecule has 4 N–H and O–H groups in total. The van der Waals surface area contributed by atoms with Crippen molar-refractivity contribution in [1.29, 1.82) is 0 Å². The lowest BCUT2D eigenvalue weighted by Gasteiger charge is -2.47. The van der Waals surface area contributed by atoms with Crippen molar-refractivity contribution in [1.82, 2.24) is 0 Å². The summed E-state index contributed by atoms with van der Waals surface area (Å²) >= 11 is 0. The number of aliphatic hydroxyl groups is 4. The molecule has 0 amide bonds. The topological polar surface area (TPSA) is 197 Å². The quantitative estimate of drug-likeness (QED) is 0.188. The van der Waals surface area contributed by atoms with E-state index >= 15 is 0 Å². The number of carbonyl (C=O) groups excluding carboxylic acids is 3. The van der Waals surface area contributed by atoms with Crippen molar-refractivity contribution in [3.8, 4) is 0 Å². The summed E-state index contributed by atoms with van der Waals surface area (Å²) in [5.74, 6) is -1.86. The molecule has 4 heterocycles. The zero-order valence-corrected chi connectivity index (χ0v) is 30.0. The van der Waals surface area contributed by atoms with Gasteiger partial charge in [-0.25, -0.2) is 0 Å². The van der Waals surface area contributed by atoms with Crippen molar-refractivity contribution in [2.45, 2.75) is 185 Å². The van der Waals surface area contributed by atoms with Gasteiger partial charge in [0, 0.05) is 20.3 Å². The first kappa shape index (κ1) is 42.2. The summed E-state index contributed by atoms with van der Waals surface area (Å²) in [4.78, 5) is 35.9. The SMILES string of the molecule is C=C1CCCCCCCCCC(=O)O[C@@H]2C(COC(C)=O)O[C@@H](OC3[C@H](OC(C)CCCCCC1)OC(COC(C)=O)[C@@H](O)[C@@H]3O)C(O)[C@H]2O. The Labute approximate surface area is 295 Å². The molecule has 4 aliphatic heterocycles. The van der Waals surface area contributed by atoms with E-state index in [9.17, 15) is 34.8 Å². The molecule has 288 valence electrons. The summed E-state index contributed by atoms with van der Waals surface area (Å²) in [5.41, 5.74) is 1.28. The van der Waals surface area contributed by atoms with E-state index < -0.39 is 85.9 Å². The molecular weight excluding hydrogens is 656 g/mol. The molecule has 0 aromatic carbocycles. The van der Waals surface area contributed by atoms with Crippen molar-refractivity contribution in [3.63, 3.8) is 0 Å². The second-order valence-electron chi connectivity index (χ2n) is 13.8. The molecule has 0 radical (unpaired) electrons. The maximum atomic E-state index is 12.8. The minimum absolute atomic E-state index is 0.0918. The monoisotopic (exact) mass is 716 g/mol. The number of esters is 3. The van der Waals surface area contributed by atoms with Crippen molar-refractivity contribution in [2.24, 2.45) is 0 Å². The Morgan fingerprint density at radius 1 is 0.640 bits per heavy atom. The molecule has 0 aromatic heterocycles. The van der Waals surface area contributed by atoms with Crippen LogP contribution < -0.4 is 0 Å². The Balaban J connectivity index is 1.79. The molecule has 4 fully saturated rings. The number of carbonyl (C=O) groups is 3. The highest BCUT2D eigenvalue weighted by Crippen LogP contribution is 2.32. The fourth-order valence-electron chi connectivity index (χ4n) is 6.47. The molecule has 0 saturated carbocycles. The molecule has 0 spiro atoms. The Kier molecular flexibility index (Phi) is 18.6. The largest absolute Gasteiger partial charge is 0.463 e. The normalized spacial score (nSPS) is 36.7. The summed E-state index contributed by atoms with van der Waals surface area (Å²) in [7, 11) is 0. The van der Waals surface area contributed by atoms with E-state index in [1.54, 1.807) is 0 Å². The molecule has 14 heteroatoms. The van der Waals surface area contributed by atoms with Gasteiger partial charge in [-0.05, 0) is 45.4 Å². The average molecular weight is 717 g/mol. The summed E-state index contributed by atoms with van der Waals surface area (Å²) in [6.45, 7) is 7.67. The van der Waals surface area contributed by atoms with Gasteiger partial charge in [-0.15, -0.1) is 0 Å². The van der Waals surface area contributed by atoms with Gasteiger partial charge in [-0.2, -0.15) is 0 Å². The number of hydrogen-bond donors (Lipinski definition) is 4. The molecular formula is C36H60O14. The lowest BCUT2D eigenvalue weighted by molar-refractivity contribution is -0.371.